The molecule has 2 heterocycles. The molecular formula is C24H24N8O3S. The maximum Gasteiger partial charge on any atom is 0.252 e. The highest BCUT2D eigenvalue weighted by molar-refractivity contribution is 7.89. The van der Waals surface area contributed by atoms with Crippen LogP contribution in [0.25, 0.3) is 16.7 Å². The van der Waals surface area contributed by atoms with Gasteiger partial charge in [-0.25, -0.2) is 23.5 Å². The van der Waals surface area contributed by atoms with E-state index in [1.165, 1.54) is 12.4 Å². The molecule has 0 atom stereocenters. The number of primary sulfonamides is 1. The summed E-state index contributed by atoms with van der Waals surface area (Å²) in [6.07, 6.45) is 4.03. The number of anilines is 3. The number of hydrogen-bond donors (Lipinski definition) is 5. The lowest BCUT2D eigenvalue weighted by Crippen LogP contribution is -2.14. The zero-order valence-corrected chi connectivity index (χ0v) is 19.8. The van der Waals surface area contributed by atoms with Gasteiger partial charge in [0.15, 0.2) is 5.82 Å². The van der Waals surface area contributed by atoms with Crippen molar-refractivity contribution in [1.82, 2.24) is 19.7 Å². The van der Waals surface area contributed by atoms with E-state index >= 15 is 0 Å². The van der Waals surface area contributed by atoms with E-state index in [0.29, 0.717) is 12.2 Å². The van der Waals surface area contributed by atoms with Gasteiger partial charge in [0.2, 0.25) is 10.0 Å². The summed E-state index contributed by atoms with van der Waals surface area (Å²) >= 11 is 0. The predicted octanol–water partition coefficient (Wildman–Crippen LogP) is 2.63. The van der Waals surface area contributed by atoms with Crippen LogP contribution in [-0.2, 0) is 16.6 Å². The molecule has 0 radical (unpaired) electrons. The normalized spacial score (nSPS) is 11.0. The van der Waals surface area contributed by atoms with E-state index in [0.717, 1.165) is 32.9 Å². The van der Waals surface area contributed by atoms with Crippen LogP contribution in [0.15, 0.2) is 90.2 Å². The second kappa shape index (κ2) is 10.3. The van der Waals surface area contributed by atoms with Crippen LogP contribution in [0.4, 0.5) is 17.2 Å². The van der Waals surface area contributed by atoms with Crippen LogP contribution < -0.4 is 21.9 Å². The van der Waals surface area contributed by atoms with E-state index in [1.807, 2.05) is 60.7 Å². The Balaban J connectivity index is 0.000000174. The third-order valence-electron chi connectivity index (χ3n) is 5.22. The zero-order chi connectivity index (χ0) is 25.7. The minimum Gasteiger partial charge on any atom is -0.505 e. The number of nitrogens with zero attached hydrogens (tertiary/aromatic N) is 4. The third-order valence-corrected chi connectivity index (χ3v) is 6.14. The highest BCUT2D eigenvalue weighted by Gasteiger charge is 2.19. The summed E-state index contributed by atoms with van der Waals surface area (Å²) in [6.45, 7) is 0.533. The Morgan fingerprint density at radius 3 is 2.28 bits per heavy atom. The number of rotatable bonds is 5. The van der Waals surface area contributed by atoms with Crippen molar-refractivity contribution in [3.63, 3.8) is 0 Å². The maximum atomic E-state index is 11.1. The summed E-state index contributed by atoms with van der Waals surface area (Å²) in [7, 11) is -3.88. The second-order valence-electron chi connectivity index (χ2n) is 7.64. The van der Waals surface area contributed by atoms with Gasteiger partial charge in [-0.3, -0.25) is 0 Å². The third kappa shape index (κ3) is 5.35. The predicted molar refractivity (Wildman–Crippen MR) is 139 cm³/mol. The van der Waals surface area contributed by atoms with Gasteiger partial charge in [0.25, 0.3) is 5.95 Å². The van der Waals surface area contributed by atoms with Crippen molar-refractivity contribution in [2.24, 2.45) is 5.14 Å². The standard InChI is InChI=1S/C17H16N2O.C7H8N6O2S/c18-16-15-9-5-4-6-12(15)10-13(17(16)20)11-19-14-7-2-1-3-8-14;8-6-5(16(9,14)15)4-12-13(6)7-10-2-1-3-11-7/h1-10,19-20H,11,18H2;1-4H,8H2,(H2,9,14,15). The summed E-state index contributed by atoms with van der Waals surface area (Å²) < 4.78 is 23.3. The van der Waals surface area contributed by atoms with Crippen LogP contribution in [0, 0.1) is 0 Å². The Bertz CT molecular complexity index is 1590. The molecule has 0 bridgehead atoms. The molecule has 2 aromatic heterocycles. The Kier molecular flexibility index (Phi) is 6.99. The van der Waals surface area contributed by atoms with Gasteiger partial charge >= 0.3 is 0 Å². The molecule has 3 aromatic carbocycles. The Labute approximate surface area is 207 Å². The lowest BCUT2D eigenvalue weighted by Gasteiger charge is -2.12. The zero-order valence-electron chi connectivity index (χ0n) is 19.0. The van der Waals surface area contributed by atoms with E-state index in [-0.39, 0.29) is 22.4 Å². The molecule has 184 valence electrons. The summed E-state index contributed by atoms with van der Waals surface area (Å²) in [5, 5.41) is 24.1. The molecule has 5 aromatic rings. The van der Waals surface area contributed by atoms with Crippen LogP contribution in [0.2, 0.25) is 0 Å². The van der Waals surface area contributed by atoms with Crippen LogP contribution in [0.5, 0.6) is 5.75 Å². The Morgan fingerprint density at radius 2 is 1.61 bits per heavy atom. The first-order valence-electron chi connectivity index (χ1n) is 10.7. The largest absolute Gasteiger partial charge is 0.505 e. The number of nitrogens with one attached hydrogen (secondary N) is 1. The smallest absolute Gasteiger partial charge is 0.252 e. The number of benzene rings is 3. The van der Waals surface area contributed by atoms with Gasteiger partial charge in [0, 0.05) is 35.6 Å². The van der Waals surface area contributed by atoms with Crippen molar-refractivity contribution in [2.45, 2.75) is 11.4 Å². The molecule has 0 unspecified atom stereocenters. The van der Waals surface area contributed by atoms with Gasteiger partial charge in [-0.05, 0) is 29.7 Å². The van der Waals surface area contributed by atoms with Crippen LogP contribution >= 0.6 is 0 Å². The minimum absolute atomic E-state index is 0.117. The van der Waals surface area contributed by atoms with Crippen molar-refractivity contribution in [3.8, 4) is 11.7 Å². The van der Waals surface area contributed by atoms with Crippen molar-refractivity contribution < 1.29 is 13.5 Å². The van der Waals surface area contributed by atoms with Gasteiger partial charge in [0.05, 0.1) is 11.9 Å². The van der Waals surface area contributed by atoms with Crippen LogP contribution in [-0.4, -0.2) is 33.3 Å². The molecule has 0 spiro atoms. The van der Waals surface area contributed by atoms with E-state index in [2.05, 4.69) is 20.4 Å². The van der Waals surface area contributed by atoms with E-state index in [1.54, 1.807) is 6.07 Å². The highest BCUT2D eigenvalue weighted by atomic mass is 32.2. The molecule has 0 saturated carbocycles. The van der Waals surface area contributed by atoms with Gasteiger partial charge in [-0.1, -0.05) is 42.5 Å². The molecule has 0 fully saturated rings. The number of aromatic nitrogens is 4. The van der Waals surface area contributed by atoms with Crippen molar-refractivity contribution >= 4 is 38.0 Å². The highest BCUT2D eigenvalue weighted by Crippen LogP contribution is 2.33. The molecule has 5 rings (SSSR count). The van der Waals surface area contributed by atoms with Gasteiger partial charge in [-0.2, -0.15) is 9.78 Å². The minimum atomic E-state index is -3.88. The molecule has 8 N–H and O–H groups in total. The van der Waals surface area contributed by atoms with Gasteiger partial charge in [0.1, 0.15) is 10.6 Å². The Morgan fingerprint density at radius 1 is 0.944 bits per heavy atom. The number of fused-ring (bicyclic) bond motifs is 1. The Hall–Kier alpha value is -4.68. The van der Waals surface area contributed by atoms with Crippen LogP contribution in [0.1, 0.15) is 5.56 Å². The first kappa shape index (κ1) is 24.4. The molecule has 0 saturated heterocycles. The van der Waals surface area contributed by atoms with E-state index < -0.39 is 10.0 Å². The number of phenols is 1. The number of nitrogens with two attached hydrogens (primary N) is 3. The van der Waals surface area contributed by atoms with Crippen LogP contribution in [0.3, 0.4) is 0 Å². The number of sulfonamides is 1. The fraction of sp³-hybridized carbons (Fsp3) is 0.0417. The number of phenolic OH excluding ortho intramolecular Hbond substituents is 1. The first-order chi connectivity index (χ1) is 17.3. The molecule has 12 heteroatoms. The maximum absolute atomic E-state index is 11.1. The molecule has 0 amide bonds. The quantitative estimate of drug-likeness (QED) is 0.177. The summed E-state index contributed by atoms with van der Waals surface area (Å²) in [4.78, 5) is 7.51. The average Bonchev–Trinajstić information content (AvgIpc) is 3.29. The van der Waals surface area contributed by atoms with E-state index in [4.69, 9.17) is 16.6 Å². The first-order valence-corrected chi connectivity index (χ1v) is 12.2. The number of para-hydroxylation sites is 1. The SMILES string of the molecule is Nc1c(O)c(CNc2ccccc2)cc2ccccc12.Nc1c(S(N)(=O)=O)cnn1-c1ncccn1. The number of hydrogen-bond acceptors (Lipinski definition) is 9. The second-order valence-corrected chi connectivity index (χ2v) is 9.17. The lowest BCUT2D eigenvalue weighted by molar-refractivity contribution is 0.472. The molecule has 36 heavy (non-hydrogen) atoms. The summed E-state index contributed by atoms with van der Waals surface area (Å²) in [5.41, 5.74) is 13.8. The molecule has 0 aliphatic rings. The molecule has 11 nitrogen and oxygen atoms in total. The molecule has 0 aliphatic heterocycles. The van der Waals surface area contributed by atoms with Gasteiger partial charge in [-0.15, -0.1) is 0 Å². The fourth-order valence-electron chi connectivity index (χ4n) is 3.43. The number of aromatic hydroxyl groups is 1. The lowest BCUT2D eigenvalue weighted by atomic mass is 10.0. The summed E-state index contributed by atoms with van der Waals surface area (Å²) in [5.74, 6) is 0.218. The summed E-state index contributed by atoms with van der Waals surface area (Å²) in [6, 6.07) is 21.3. The monoisotopic (exact) mass is 504 g/mol. The molecule has 0 aliphatic carbocycles. The average molecular weight is 505 g/mol. The van der Waals surface area contributed by atoms with Crippen molar-refractivity contribution in [2.75, 3.05) is 16.8 Å². The van der Waals surface area contributed by atoms with Crippen molar-refractivity contribution in [3.05, 3.63) is 90.9 Å². The van der Waals surface area contributed by atoms with Gasteiger partial charge < -0.3 is 21.9 Å². The van der Waals surface area contributed by atoms with E-state index in [9.17, 15) is 13.5 Å². The topological polar surface area (TPSA) is 188 Å². The number of nitrogen functional groups attached to an aromatic ring is 2. The fourth-order valence-corrected chi connectivity index (χ4v) is 4.01. The molecular weight excluding hydrogens is 480 g/mol. The van der Waals surface area contributed by atoms with Crippen molar-refractivity contribution in [1.29, 1.82) is 0 Å².